The SMILES string of the molecule is Cc1ccccc1C(=O)Nc1ccc2nc(SCC(=O)NC3CN(C)C3)sc2c1. The second-order valence-corrected chi connectivity index (χ2v) is 9.46. The van der Waals surface area contributed by atoms with E-state index in [0.29, 0.717) is 11.3 Å². The molecule has 2 amide bonds. The summed E-state index contributed by atoms with van der Waals surface area (Å²) in [5.41, 5.74) is 3.21. The largest absolute Gasteiger partial charge is 0.350 e. The molecule has 3 aromatic rings. The number of aromatic nitrogens is 1. The molecule has 0 bridgehead atoms. The number of hydrogen-bond donors (Lipinski definition) is 2. The Morgan fingerprint density at radius 2 is 2.03 bits per heavy atom. The second kappa shape index (κ2) is 8.52. The molecule has 8 heteroatoms. The van der Waals surface area contributed by atoms with Gasteiger partial charge in [-0.15, -0.1) is 11.3 Å². The van der Waals surface area contributed by atoms with E-state index < -0.39 is 0 Å². The molecule has 0 spiro atoms. The number of nitrogens with zero attached hydrogens (tertiary/aromatic N) is 2. The number of likely N-dealkylation sites (tertiary alicyclic amines) is 1. The molecule has 1 aromatic heterocycles. The lowest BCUT2D eigenvalue weighted by Gasteiger charge is -2.36. The maximum Gasteiger partial charge on any atom is 0.255 e. The molecule has 2 N–H and O–H groups in total. The summed E-state index contributed by atoms with van der Waals surface area (Å²) in [6, 6.07) is 13.5. The van der Waals surface area contributed by atoms with Crippen molar-refractivity contribution in [2.45, 2.75) is 17.3 Å². The Hall–Kier alpha value is -2.42. The Morgan fingerprint density at radius 3 is 2.79 bits per heavy atom. The van der Waals surface area contributed by atoms with E-state index in [1.165, 1.54) is 23.1 Å². The fourth-order valence-electron chi connectivity index (χ4n) is 3.26. The van der Waals surface area contributed by atoms with Gasteiger partial charge in [0.2, 0.25) is 5.91 Å². The minimum Gasteiger partial charge on any atom is -0.350 e. The maximum atomic E-state index is 12.5. The number of likely N-dealkylation sites (N-methyl/N-ethyl adjacent to an activating group) is 1. The van der Waals surface area contributed by atoms with Crippen LogP contribution in [0.4, 0.5) is 5.69 Å². The highest BCUT2D eigenvalue weighted by Crippen LogP contribution is 2.31. The van der Waals surface area contributed by atoms with Crippen molar-refractivity contribution in [1.82, 2.24) is 15.2 Å². The number of fused-ring (bicyclic) bond motifs is 1. The number of thioether (sulfide) groups is 1. The molecule has 1 fully saturated rings. The summed E-state index contributed by atoms with van der Waals surface area (Å²) in [5.74, 6) is 0.273. The fraction of sp³-hybridized carbons (Fsp3) is 0.286. The molecule has 2 heterocycles. The fourth-order valence-corrected chi connectivity index (χ4v) is 5.17. The molecule has 0 saturated carbocycles. The van der Waals surface area contributed by atoms with Gasteiger partial charge in [0, 0.05) is 24.3 Å². The van der Waals surface area contributed by atoms with Gasteiger partial charge in [0.1, 0.15) is 0 Å². The van der Waals surface area contributed by atoms with E-state index in [2.05, 4.69) is 20.5 Å². The standard InChI is InChI=1S/C21H22N4O2S2/c1-13-5-3-4-6-16(13)20(27)23-14-7-8-17-18(9-14)29-21(24-17)28-12-19(26)22-15-10-25(2)11-15/h3-9,15H,10-12H2,1-2H3,(H,22,26)(H,23,27). The van der Waals surface area contributed by atoms with Gasteiger partial charge in [0.25, 0.3) is 5.91 Å². The van der Waals surface area contributed by atoms with Crippen molar-refractivity contribution in [3.63, 3.8) is 0 Å². The van der Waals surface area contributed by atoms with Gasteiger partial charge in [-0.1, -0.05) is 30.0 Å². The third-order valence-electron chi connectivity index (χ3n) is 4.77. The smallest absolute Gasteiger partial charge is 0.255 e. The molecule has 6 nitrogen and oxygen atoms in total. The highest BCUT2D eigenvalue weighted by Gasteiger charge is 2.24. The van der Waals surface area contributed by atoms with Crippen molar-refractivity contribution >= 4 is 50.8 Å². The molecule has 1 aliphatic heterocycles. The Labute approximate surface area is 177 Å². The number of hydrogen-bond acceptors (Lipinski definition) is 6. The average molecular weight is 427 g/mol. The van der Waals surface area contributed by atoms with Crippen molar-refractivity contribution < 1.29 is 9.59 Å². The molecular weight excluding hydrogens is 404 g/mol. The van der Waals surface area contributed by atoms with Crippen LogP contribution in [-0.2, 0) is 4.79 Å². The van der Waals surface area contributed by atoms with E-state index in [1.807, 2.05) is 56.4 Å². The predicted molar refractivity (Wildman–Crippen MR) is 119 cm³/mol. The lowest BCUT2D eigenvalue weighted by molar-refractivity contribution is -0.120. The van der Waals surface area contributed by atoms with Crippen LogP contribution in [0.2, 0.25) is 0 Å². The maximum absolute atomic E-state index is 12.5. The van der Waals surface area contributed by atoms with Crippen LogP contribution in [0.1, 0.15) is 15.9 Å². The molecule has 150 valence electrons. The number of rotatable bonds is 6. The van der Waals surface area contributed by atoms with Gasteiger partial charge in [-0.25, -0.2) is 4.98 Å². The van der Waals surface area contributed by atoms with Crippen LogP contribution in [0.25, 0.3) is 10.2 Å². The van der Waals surface area contributed by atoms with Gasteiger partial charge in [-0.2, -0.15) is 0 Å². The number of benzene rings is 2. The van der Waals surface area contributed by atoms with Crippen molar-refractivity contribution in [2.24, 2.45) is 0 Å². The topological polar surface area (TPSA) is 74.3 Å². The van der Waals surface area contributed by atoms with Crippen LogP contribution in [0.15, 0.2) is 46.8 Å². The first kappa shape index (κ1) is 19.9. The summed E-state index contributed by atoms with van der Waals surface area (Å²) in [7, 11) is 2.04. The molecule has 0 radical (unpaired) electrons. The van der Waals surface area contributed by atoms with Crippen LogP contribution in [0.3, 0.4) is 0 Å². The third-order valence-corrected chi connectivity index (χ3v) is 6.93. The van der Waals surface area contributed by atoms with Gasteiger partial charge in [-0.05, 0) is 43.8 Å². The number of amides is 2. The van der Waals surface area contributed by atoms with E-state index in [1.54, 1.807) is 0 Å². The lowest BCUT2D eigenvalue weighted by Crippen LogP contribution is -2.57. The first-order chi connectivity index (χ1) is 14.0. The molecule has 0 aliphatic carbocycles. The molecule has 1 saturated heterocycles. The molecule has 4 rings (SSSR count). The molecule has 2 aromatic carbocycles. The Balaban J connectivity index is 1.38. The highest BCUT2D eigenvalue weighted by molar-refractivity contribution is 8.01. The van der Waals surface area contributed by atoms with E-state index in [-0.39, 0.29) is 17.9 Å². The van der Waals surface area contributed by atoms with Crippen molar-refractivity contribution in [1.29, 1.82) is 0 Å². The minimum atomic E-state index is -0.125. The van der Waals surface area contributed by atoms with E-state index in [9.17, 15) is 9.59 Å². The van der Waals surface area contributed by atoms with Gasteiger partial charge in [-0.3, -0.25) is 9.59 Å². The quantitative estimate of drug-likeness (QED) is 0.591. The van der Waals surface area contributed by atoms with E-state index >= 15 is 0 Å². The summed E-state index contributed by atoms with van der Waals surface area (Å²) < 4.78 is 1.83. The Kier molecular flexibility index (Phi) is 5.84. The van der Waals surface area contributed by atoms with Crippen molar-refractivity contribution in [2.75, 3.05) is 31.2 Å². The first-order valence-electron chi connectivity index (χ1n) is 9.36. The normalized spacial score (nSPS) is 14.6. The molecule has 1 aliphatic rings. The summed E-state index contributed by atoms with van der Waals surface area (Å²) in [5, 5.41) is 5.98. The molecule has 0 unspecified atom stereocenters. The van der Waals surface area contributed by atoms with Gasteiger partial charge in [0.15, 0.2) is 4.34 Å². The summed E-state index contributed by atoms with van der Waals surface area (Å²) in [4.78, 5) is 31.3. The molecule has 0 atom stereocenters. The average Bonchev–Trinajstić information content (AvgIpc) is 3.07. The van der Waals surface area contributed by atoms with Gasteiger partial charge in [0.05, 0.1) is 22.0 Å². The van der Waals surface area contributed by atoms with Crippen molar-refractivity contribution in [3.8, 4) is 0 Å². The van der Waals surface area contributed by atoms with Crippen molar-refractivity contribution in [3.05, 3.63) is 53.6 Å². The second-order valence-electron chi connectivity index (χ2n) is 7.21. The van der Waals surface area contributed by atoms with Crippen LogP contribution in [0.5, 0.6) is 0 Å². The Bertz CT molecular complexity index is 1060. The zero-order valence-corrected chi connectivity index (χ0v) is 17.9. The minimum absolute atomic E-state index is 0.0403. The molecule has 29 heavy (non-hydrogen) atoms. The highest BCUT2D eigenvalue weighted by atomic mass is 32.2. The summed E-state index contributed by atoms with van der Waals surface area (Å²) in [6.07, 6.45) is 0. The Morgan fingerprint density at radius 1 is 1.24 bits per heavy atom. The van der Waals surface area contributed by atoms with Gasteiger partial charge >= 0.3 is 0 Å². The number of nitrogens with one attached hydrogen (secondary N) is 2. The predicted octanol–water partition coefficient (Wildman–Crippen LogP) is 3.38. The van der Waals surface area contributed by atoms with Crippen LogP contribution in [0, 0.1) is 6.92 Å². The molecular formula is C21H22N4O2S2. The van der Waals surface area contributed by atoms with Crippen LogP contribution < -0.4 is 10.6 Å². The van der Waals surface area contributed by atoms with Crippen LogP contribution in [-0.4, -0.2) is 53.6 Å². The number of carbonyl (C=O) groups is 2. The summed E-state index contributed by atoms with van der Waals surface area (Å²) in [6.45, 7) is 3.74. The lowest BCUT2D eigenvalue weighted by atomic mass is 10.1. The number of carbonyl (C=O) groups excluding carboxylic acids is 2. The first-order valence-corrected chi connectivity index (χ1v) is 11.2. The third kappa shape index (κ3) is 4.77. The van der Waals surface area contributed by atoms with Crippen LogP contribution >= 0.6 is 23.1 Å². The zero-order valence-electron chi connectivity index (χ0n) is 16.3. The van der Waals surface area contributed by atoms with E-state index in [0.717, 1.165) is 38.9 Å². The number of aryl methyl sites for hydroxylation is 1. The number of anilines is 1. The van der Waals surface area contributed by atoms with E-state index in [4.69, 9.17) is 0 Å². The monoisotopic (exact) mass is 426 g/mol. The number of thiazole rings is 1. The summed E-state index contributed by atoms with van der Waals surface area (Å²) >= 11 is 2.98. The van der Waals surface area contributed by atoms with Gasteiger partial charge < -0.3 is 15.5 Å². The zero-order chi connectivity index (χ0) is 20.4.